The lowest BCUT2D eigenvalue weighted by Gasteiger charge is -2.29. The molecule has 1 saturated carbocycles. The number of nitrogens with one attached hydrogen (secondary N) is 2. The van der Waals surface area contributed by atoms with Crippen LogP contribution >= 0.6 is 0 Å². The van der Waals surface area contributed by atoms with Crippen LogP contribution < -0.4 is 10.6 Å². The first kappa shape index (κ1) is 16.0. The first-order valence-corrected chi connectivity index (χ1v) is 7.24. The van der Waals surface area contributed by atoms with Gasteiger partial charge < -0.3 is 15.5 Å². The molecule has 0 aliphatic heterocycles. The molecule has 0 aromatic carbocycles. The van der Waals surface area contributed by atoms with E-state index in [-0.39, 0.29) is 6.04 Å². The summed E-state index contributed by atoms with van der Waals surface area (Å²) in [6, 6.07) is 0.161. The summed E-state index contributed by atoms with van der Waals surface area (Å²) in [7, 11) is 3.97. The van der Waals surface area contributed by atoms with Crippen LogP contribution in [0.1, 0.15) is 39.0 Å². The van der Waals surface area contributed by atoms with Crippen LogP contribution in [0.3, 0.4) is 0 Å². The highest BCUT2D eigenvalue weighted by Crippen LogP contribution is 2.23. The molecule has 2 N–H and O–H groups in total. The van der Waals surface area contributed by atoms with Crippen molar-refractivity contribution in [2.24, 2.45) is 5.92 Å². The Morgan fingerprint density at radius 3 is 2.47 bits per heavy atom. The molecule has 0 saturated heterocycles. The molecule has 1 rings (SSSR count). The first-order chi connectivity index (χ1) is 9.00. The van der Waals surface area contributed by atoms with Gasteiger partial charge in [-0.05, 0) is 45.8 Å². The summed E-state index contributed by atoms with van der Waals surface area (Å²) in [6.07, 6.45) is 5.34. The molecule has 2 atom stereocenters. The lowest BCUT2D eigenvalue weighted by Crippen LogP contribution is -2.48. The highest BCUT2D eigenvalue weighted by atomic mass is 16.2. The van der Waals surface area contributed by atoms with Crippen LogP contribution in [0.4, 0.5) is 0 Å². The molecule has 0 spiro atoms. The standard InChI is InChI=1S/C14H27N3O2/c1-11-7-4-5-8-12(11)16-14(19)13(18)15-9-6-10-17(2)3/h11-12H,4-10H2,1-3H3,(H,15,18)(H,16,19)/t11-,12+/m0/s1. The second-order valence-electron chi connectivity index (χ2n) is 5.75. The topological polar surface area (TPSA) is 61.4 Å². The minimum atomic E-state index is -0.503. The Hall–Kier alpha value is -1.10. The minimum Gasteiger partial charge on any atom is -0.348 e. The third kappa shape index (κ3) is 6.05. The molecule has 5 nitrogen and oxygen atoms in total. The summed E-state index contributed by atoms with van der Waals surface area (Å²) < 4.78 is 0. The molecule has 1 aliphatic carbocycles. The number of rotatable bonds is 5. The van der Waals surface area contributed by atoms with Crippen molar-refractivity contribution in [3.63, 3.8) is 0 Å². The fourth-order valence-electron chi connectivity index (χ4n) is 2.44. The van der Waals surface area contributed by atoms with E-state index in [4.69, 9.17) is 0 Å². The molecule has 0 unspecified atom stereocenters. The second kappa shape index (κ2) is 8.15. The third-order valence-electron chi connectivity index (χ3n) is 3.70. The molecule has 19 heavy (non-hydrogen) atoms. The SMILES string of the molecule is C[C@H]1CCCC[C@H]1NC(=O)C(=O)NCCCN(C)C. The Morgan fingerprint density at radius 2 is 1.84 bits per heavy atom. The monoisotopic (exact) mass is 269 g/mol. The Labute approximate surface area is 116 Å². The lowest BCUT2D eigenvalue weighted by molar-refractivity contribution is -0.140. The number of hydrogen-bond acceptors (Lipinski definition) is 3. The van der Waals surface area contributed by atoms with E-state index in [2.05, 4.69) is 22.5 Å². The Bertz CT molecular complexity index is 305. The van der Waals surface area contributed by atoms with Gasteiger partial charge in [0.15, 0.2) is 0 Å². The molecule has 110 valence electrons. The van der Waals surface area contributed by atoms with E-state index in [0.29, 0.717) is 12.5 Å². The van der Waals surface area contributed by atoms with Gasteiger partial charge in [-0.3, -0.25) is 9.59 Å². The number of nitrogens with zero attached hydrogens (tertiary/aromatic N) is 1. The summed E-state index contributed by atoms with van der Waals surface area (Å²) >= 11 is 0. The maximum Gasteiger partial charge on any atom is 0.309 e. The van der Waals surface area contributed by atoms with Gasteiger partial charge in [-0.2, -0.15) is 0 Å². The molecular formula is C14H27N3O2. The van der Waals surface area contributed by atoms with E-state index in [9.17, 15) is 9.59 Å². The van der Waals surface area contributed by atoms with Gasteiger partial charge in [-0.15, -0.1) is 0 Å². The zero-order chi connectivity index (χ0) is 14.3. The quantitative estimate of drug-likeness (QED) is 0.572. The molecule has 0 aromatic rings. The summed E-state index contributed by atoms with van der Waals surface area (Å²) in [4.78, 5) is 25.4. The Kier molecular flexibility index (Phi) is 6.84. The van der Waals surface area contributed by atoms with Crippen molar-refractivity contribution < 1.29 is 9.59 Å². The molecule has 0 aromatic heterocycles. The Balaban J connectivity index is 2.22. The molecular weight excluding hydrogens is 242 g/mol. The van der Waals surface area contributed by atoms with Crippen molar-refractivity contribution in [2.75, 3.05) is 27.2 Å². The maximum absolute atomic E-state index is 11.8. The van der Waals surface area contributed by atoms with Crippen molar-refractivity contribution in [3.05, 3.63) is 0 Å². The Morgan fingerprint density at radius 1 is 1.16 bits per heavy atom. The second-order valence-corrected chi connectivity index (χ2v) is 5.75. The summed E-state index contributed by atoms with van der Waals surface area (Å²) in [5.74, 6) is -0.514. The van der Waals surface area contributed by atoms with E-state index in [0.717, 1.165) is 32.2 Å². The largest absolute Gasteiger partial charge is 0.348 e. The highest BCUT2D eigenvalue weighted by molar-refractivity contribution is 6.35. The van der Waals surface area contributed by atoms with Gasteiger partial charge in [0.2, 0.25) is 0 Å². The molecule has 1 fully saturated rings. The summed E-state index contributed by atoms with van der Waals surface area (Å²) in [5.41, 5.74) is 0. The zero-order valence-corrected chi connectivity index (χ0v) is 12.4. The van der Waals surface area contributed by atoms with Gasteiger partial charge in [-0.25, -0.2) is 0 Å². The third-order valence-corrected chi connectivity index (χ3v) is 3.70. The average molecular weight is 269 g/mol. The average Bonchev–Trinajstić information content (AvgIpc) is 2.36. The van der Waals surface area contributed by atoms with Gasteiger partial charge in [0, 0.05) is 12.6 Å². The first-order valence-electron chi connectivity index (χ1n) is 7.24. The molecule has 1 aliphatic rings. The van der Waals surface area contributed by atoms with Gasteiger partial charge in [0.25, 0.3) is 0 Å². The molecule has 2 amide bonds. The van der Waals surface area contributed by atoms with E-state index < -0.39 is 11.8 Å². The highest BCUT2D eigenvalue weighted by Gasteiger charge is 2.25. The van der Waals surface area contributed by atoms with E-state index >= 15 is 0 Å². The summed E-state index contributed by atoms with van der Waals surface area (Å²) in [5, 5.41) is 5.52. The van der Waals surface area contributed by atoms with Crippen molar-refractivity contribution >= 4 is 11.8 Å². The van der Waals surface area contributed by atoms with E-state index in [1.165, 1.54) is 6.42 Å². The van der Waals surface area contributed by atoms with Gasteiger partial charge in [0.05, 0.1) is 0 Å². The molecule has 0 radical (unpaired) electrons. The van der Waals surface area contributed by atoms with Crippen molar-refractivity contribution in [1.82, 2.24) is 15.5 Å². The van der Waals surface area contributed by atoms with Gasteiger partial charge in [-0.1, -0.05) is 19.8 Å². The zero-order valence-electron chi connectivity index (χ0n) is 12.4. The van der Waals surface area contributed by atoms with Crippen LogP contribution in [0.2, 0.25) is 0 Å². The molecule has 0 heterocycles. The van der Waals surface area contributed by atoms with Crippen LogP contribution in [-0.2, 0) is 9.59 Å². The number of hydrogen-bond donors (Lipinski definition) is 2. The lowest BCUT2D eigenvalue weighted by atomic mass is 9.86. The fraction of sp³-hybridized carbons (Fsp3) is 0.857. The fourth-order valence-corrected chi connectivity index (χ4v) is 2.44. The number of amides is 2. The van der Waals surface area contributed by atoms with Crippen LogP contribution in [0.5, 0.6) is 0 Å². The maximum atomic E-state index is 11.8. The van der Waals surface area contributed by atoms with Gasteiger partial charge >= 0.3 is 11.8 Å². The van der Waals surface area contributed by atoms with Crippen LogP contribution in [-0.4, -0.2) is 49.9 Å². The van der Waals surface area contributed by atoms with E-state index in [1.54, 1.807) is 0 Å². The van der Waals surface area contributed by atoms with Crippen LogP contribution in [0.15, 0.2) is 0 Å². The predicted molar refractivity (Wildman–Crippen MR) is 75.7 cm³/mol. The number of carbonyl (C=O) groups excluding carboxylic acids is 2. The van der Waals surface area contributed by atoms with Crippen LogP contribution in [0.25, 0.3) is 0 Å². The van der Waals surface area contributed by atoms with Crippen molar-refractivity contribution in [2.45, 2.75) is 45.1 Å². The predicted octanol–water partition coefficient (Wildman–Crippen LogP) is 0.749. The van der Waals surface area contributed by atoms with E-state index in [1.807, 2.05) is 14.1 Å². The molecule has 0 bridgehead atoms. The van der Waals surface area contributed by atoms with Crippen molar-refractivity contribution in [3.8, 4) is 0 Å². The smallest absolute Gasteiger partial charge is 0.309 e. The summed E-state index contributed by atoms with van der Waals surface area (Å²) in [6.45, 7) is 3.59. The number of carbonyl (C=O) groups is 2. The van der Waals surface area contributed by atoms with Gasteiger partial charge in [0.1, 0.15) is 0 Å². The normalized spacial score (nSPS) is 23.2. The van der Waals surface area contributed by atoms with Crippen LogP contribution in [0, 0.1) is 5.92 Å². The van der Waals surface area contributed by atoms with Crippen molar-refractivity contribution in [1.29, 1.82) is 0 Å². The molecule has 5 heteroatoms. The minimum absolute atomic E-state index is 0.161.